The zero-order chi connectivity index (χ0) is 22.6. The Balaban J connectivity index is 2.55. The first-order valence-corrected chi connectivity index (χ1v) is 11.9. The second-order valence-electron chi connectivity index (χ2n) is 10.6. The molecule has 166 valence electrons. The molecule has 0 aliphatic carbocycles. The van der Waals surface area contributed by atoms with E-state index >= 15 is 0 Å². The highest BCUT2D eigenvalue weighted by molar-refractivity contribution is 5.44. The first kappa shape index (κ1) is 24.5. The van der Waals surface area contributed by atoms with E-state index in [1.54, 1.807) is 0 Å². The first-order chi connectivity index (χ1) is 14.0. The maximum absolute atomic E-state index is 10.6. The van der Waals surface area contributed by atoms with E-state index in [-0.39, 0.29) is 16.2 Å². The van der Waals surface area contributed by atoms with Crippen LogP contribution in [0.3, 0.4) is 0 Å². The molecule has 1 N–H and O–H groups in total. The number of benzene rings is 2. The van der Waals surface area contributed by atoms with Crippen molar-refractivity contribution in [3.63, 3.8) is 0 Å². The summed E-state index contributed by atoms with van der Waals surface area (Å²) in [5, 5.41) is 10.6. The van der Waals surface area contributed by atoms with Crippen molar-refractivity contribution in [3.05, 3.63) is 64.7 Å². The Labute approximate surface area is 185 Å². The molecule has 1 heteroatoms. The Morgan fingerprint density at radius 3 is 1.87 bits per heavy atom. The van der Waals surface area contributed by atoms with Crippen LogP contribution in [0.1, 0.15) is 103 Å². The second-order valence-corrected chi connectivity index (χ2v) is 10.6. The van der Waals surface area contributed by atoms with E-state index in [9.17, 15) is 5.11 Å². The van der Waals surface area contributed by atoms with Crippen LogP contribution in [-0.2, 0) is 23.7 Å². The van der Waals surface area contributed by atoms with Gasteiger partial charge in [-0.05, 0) is 64.7 Å². The first-order valence-electron chi connectivity index (χ1n) is 11.9. The number of aryl methyl sites for hydroxylation is 2. The van der Waals surface area contributed by atoms with E-state index in [0.29, 0.717) is 5.75 Å². The Kier molecular flexibility index (Phi) is 7.83. The highest BCUT2D eigenvalue weighted by Crippen LogP contribution is 2.55. The number of unbranched alkanes of at least 4 members (excludes halogenated alkanes) is 2. The smallest absolute Gasteiger partial charge is 0.119 e. The summed E-state index contributed by atoms with van der Waals surface area (Å²) in [6, 6.07) is 15.1. The monoisotopic (exact) mass is 408 g/mol. The molecule has 0 aliphatic rings. The molecule has 0 saturated carbocycles. The predicted octanol–water partition coefficient (Wildman–Crippen LogP) is 8.36. The number of hydrogen-bond donors (Lipinski definition) is 1. The number of phenolic OH excluding ortho intramolecular Hbond substituents is 1. The molecule has 0 radical (unpaired) electrons. The Morgan fingerprint density at radius 2 is 1.27 bits per heavy atom. The van der Waals surface area contributed by atoms with Gasteiger partial charge in [-0.25, -0.2) is 0 Å². The van der Waals surface area contributed by atoms with Gasteiger partial charge in [0.05, 0.1) is 0 Å². The zero-order valence-electron chi connectivity index (χ0n) is 20.7. The molecule has 0 saturated heterocycles. The minimum absolute atomic E-state index is 0.0643. The van der Waals surface area contributed by atoms with Crippen molar-refractivity contribution >= 4 is 0 Å². The highest BCUT2D eigenvalue weighted by atomic mass is 16.3. The molecule has 0 amide bonds. The van der Waals surface area contributed by atoms with Crippen molar-refractivity contribution in [2.75, 3.05) is 0 Å². The van der Waals surface area contributed by atoms with Crippen LogP contribution >= 0.6 is 0 Å². The van der Waals surface area contributed by atoms with Gasteiger partial charge in [-0.2, -0.15) is 0 Å². The lowest BCUT2D eigenvalue weighted by atomic mass is 9.50. The predicted molar refractivity (Wildman–Crippen MR) is 132 cm³/mol. The van der Waals surface area contributed by atoms with Crippen molar-refractivity contribution in [1.82, 2.24) is 0 Å². The van der Waals surface area contributed by atoms with Crippen LogP contribution < -0.4 is 0 Å². The molecule has 0 bridgehead atoms. The lowest BCUT2D eigenvalue weighted by Crippen LogP contribution is -2.50. The summed E-state index contributed by atoms with van der Waals surface area (Å²) in [5.41, 5.74) is 5.11. The maximum Gasteiger partial charge on any atom is 0.119 e. The molecule has 2 rings (SSSR count). The van der Waals surface area contributed by atoms with Gasteiger partial charge < -0.3 is 5.11 Å². The standard InChI is InChI=1S/C29H44O/c1-9-11-15-22-19-20-24(23(21-22)16-12-10-2)27(3,4)29(7,8)28(5,6)25-17-13-14-18-26(25)30/h13-14,17-21,30H,9-12,15-16H2,1-8H3. The Morgan fingerprint density at radius 1 is 0.700 bits per heavy atom. The quantitative estimate of drug-likeness (QED) is 0.418. The average molecular weight is 409 g/mol. The molecule has 1 nitrogen and oxygen atoms in total. The van der Waals surface area contributed by atoms with Crippen molar-refractivity contribution in [3.8, 4) is 5.75 Å². The van der Waals surface area contributed by atoms with Gasteiger partial charge in [-0.1, -0.05) is 105 Å². The van der Waals surface area contributed by atoms with E-state index in [1.807, 2.05) is 18.2 Å². The fraction of sp³-hybridized carbons (Fsp3) is 0.586. The summed E-state index contributed by atoms with van der Waals surface area (Å²) in [6.07, 6.45) is 7.24. The Bertz CT molecular complexity index is 826. The molecular weight excluding hydrogens is 364 g/mol. The van der Waals surface area contributed by atoms with Gasteiger partial charge in [0.25, 0.3) is 0 Å². The number of para-hydroxylation sites is 1. The molecule has 0 unspecified atom stereocenters. The lowest BCUT2D eigenvalue weighted by Gasteiger charge is -2.53. The van der Waals surface area contributed by atoms with E-state index in [4.69, 9.17) is 0 Å². The third-order valence-electron chi connectivity index (χ3n) is 8.16. The molecule has 30 heavy (non-hydrogen) atoms. The molecule has 2 aromatic carbocycles. The SMILES string of the molecule is CCCCc1ccc(C(C)(C)C(C)(C)C(C)(C)c2ccccc2O)c(CCCC)c1. The Hall–Kier alpha value is -1.76. The summed E-state index contributed by atoms with van der Waals surface area (Å²) >= 11 is 0. The zero-order valence-corrected chi connectivity index (χ0v) is 20.7. The molecule has 0 heterocycles. The number of aromatic hydroxyl groups is 1. The van der Waals surface area contributed by atoms with Gasteiger partial charge in [-0.3, -0.25) is 0 Å². The van der Waals surface area contributed by atoms with Crippen LogP contribution in [0.15, 0.2) is 42.5 Å². The van der Waals surface area contributed by atoms with Gasteiger partial charge in [0.2, 0.25) is 0 Å². The van der Waals surface area contributed by atoms with E-state index in [0.717, 1.165) is 12.0 Å². The summed E-state index contributed by atoms with van der Waals surface area (Å²) < 4.78 is 0. The van der Waals surface area contributed by atoms with Crippen LogP contribution in [0.25, 0.3) is 0 Å². The van der Waals surface area contributed by atoms with E-state index in [2.05, 4.69) is 79.7 Å². The topological polar surface area (TPSA) is 20.2 Å². The van der Waals surface area contributed by atoms with Crippen molar-refractivity contribution in [2.24, 2.45) is 5.41 Å². The van der Waals surface area contributed by atoms with Gasteiger partial charge in [0.15, 0.2) is 0 Å². The number of phenols is 1. The average Bonchev–Trinajstić information content (AvgIpc) is 2.70. The van der Waals surface area contributed by atoms with Gasteiger partial charge >= 0.3 is 0 Å². The normalized spacial score (nSPS) is 12.9. The summed E-state index contributed by atoms with van der Waals surface area (Å²) in [6.45, 7) is 18.6. The fourth-order valence-electron chi connectivity index (χ4n) is 4.82. The van der Waals surface area contributed by atoms with Gasteiger partial charge in [0, 0.05) is 5.56 Å². The minimum atomic E-state index is -0.204. The van der Waals surface area contributed by atoms with Gasteiger partial charge in [-0.15, -0.1) is 0 Å². The highest BCUT2D eigenvalue weighted by Gasteiger charge is 2.50. The van der Waals surface area contributed by atoms with Crippen LogP contribution in [0, 0.1) is 5.41 Å². The van der Waals surface area contributed by atoms with Crippen molar-refractivity contribution in [2.45, 2.75) is 105 Å². The molecule has 0 spiro atoms. The lowest BCUT2D eigenvalue weighted by molar-refractivity contribution is 0.0891. The second kappa shape index (κ2) is 9.58. The van der Waals surface area contributed by atoms with Gasteiger partial charge in [0.1, 0.15) is 5.75 Å². The summed E-state index contributed by atoms with van der Waals surface area (Å²) in [5.74, 6) is 0.396. The van der Waals surface area contributed by atoms with Crippen molar-refractivity contribution < 1.29 is 5.11 Å². The molecule has 0 fully saturated rings. The molecule has 2 aromatic rings. The molecule has 0 atom stereocenters. The summed E-state index contributed by atoms with van der Waals surface area (Å²) in [4.78, 5) is 0. The van der Waals surface area contributed by atoms with Crippen LogP contribution in [0.4, 0.5) is 0 Å². The van der Waals surface area contributed by atoms with Crippen LogP contribution in [0.5, 0.6) is 5.75 Å². The molecule has 0 aliphatic heterocycles. The molecule has 0 aromatic heterocycles. The van der Waals surface area contributed by atoms with Crippen LogP contribution in [0.2, 0.25) is 0 Å². The fourth-order valence-corrected chi connectivity index (χ4v) is 4.82. The van der Waals surface area contributed by atoms with Crippen LogP contribution in [-0.4, -0.2) is 5.11 Å². The van der Waals surface area contributed by atoms with E-state index in [1.165, 1.54) is 48.8 Å². The van der Waals surface area contributed by atoms with Crippen molar-refractivity contribution in [1.29, 1.82) is 0 Å². The molecular formula is C29H44O. The third-order valence-corrected chi connectivity index (χ3v) is 8.16. The van der Waals surface area contributed by atoms with E-state index < -0.39 is 0 Å². The largest absolute Gasteiger partial charge is 0.508 e. The minimum Gasteiger partial charge on any atom is -0.508 e. The number of rotatable bonds is 10. The summed E-state index contributed by atoms with van der Waals surface area (Å²) in [7, 11) is 0. The maximum atomic E-state index is 10.6. The number of hydrogen-bond acceptors (Lipinski definition) is 1. The third kappa shape index (κ3) is 4.61.